The van der Waals surface area contributed by atoms with E-state index in [4.69, 9.17) is 8.37 Å². The molecule has 0 N–H and O–H groups in total. The van der Waals surface area contributed by atoms with Crippen LogP contribution in [0, 0.1) is 0 Å². The first-order chi connectivity index (χ1) is 5.67. The molecule has 0 aromatic heterocycles. The van der Waals surface area contributed by atoms with Gasteiger partial charge in [0.1, 0.15) is 12.2 Å². The second-order valence-electron chi connectivity index (χ2n) is 4.05. The Balaban J connectivity index is 2.02. The Morgan fingerprint density at radius 1 is 0.917 bits per heavy atom. The normalized spacial score (nSPS) is 43.2. The first-order valence-electron chi connectivity index (χ1n) is 4.77. The fourth-order valence-corrected chi connectivity index (χ4v) is 3.75. The van der Waals surface area contributed by atoms with Crippen LogP contribution in [0.1, 0.15) is 32.1 Å². The molecule has 1 saturated heterocycles. The summed E-state index contributed by atoms with van der Waals surface area (Å²) in [5.41, 5.74) is 0. The van der Waals surface area contributed by atoms with E-state index in [1.807, 2.05) is 0 Å². The van der Waals surface area contributed by atoms with Crippen molar-refractivity contribution >= 4 is 10.6 Å². The van der Waals surface area contributed by atoms with Crippen molar-refractivity contribution in [3.8, 4) is 0 Å². The summed E-state index contributed by atoms with van der Waals surface area (Å²) in [5, 5.41) is 0. The second kappa shape index (κ2) is 3.20. The lowest BCUT2D eigenvalue weighted by atomic mass is 10.1. The summed E-state index contributed by atoms with van der Waals surface area (Å²) in [4.78, 5) is 0. The van der Waals surface area contributed by atoms with E-state index in [2.05, 4.69) is 12.5 Å². The first-order valence-corrected chi connectivity index (χ1v) is 7.07. The molecule has 2 aliphatic rings. The summed E-state index contributed by atoms with van der Waals surface area (Å²) >= 11 is 0. The molecule has 0 aromatic rings. The van der Waals surface area contributed by atoms with Crippen molar-refractivity contribution < 1.29 is 8.37 Å². The Kier molecular flexibility index (Phi) is 2.36. The molecule has 1 heterocycles. The fourth-order valence-electron chi connectivity index (χ4n) is 2.08. The van der Waals surface area contributed by atoms with E-state index in [0.29, 0.717) is 12.2 Å². The average molecular weight is 190 g/mol. The van der Waals surface area contributed by atoms with E-state index < -0.39 is 10.6 Å². The van der Waals surface area contributed by atoms with Gasteiger partial charge in [0.05, 0.1) is 0 Å². The highest BCUT2D eigenvalue weighted by Crippen LogP contribution is 2.54. The van der Waals surface area contributed by atoms with E-state index in [1.54, 1.807) is 0 Å². The summed E-state index contributed by atoms with van der Waals surface area (Å²) in [6.45, 7) is 0. The van der Waals surface area contributed by atoms with Gasteiger partial charge < -0.3 is 0 Å². The number of fused-ring (bicyclic) bond motifs is 1. The van der Waals surface area contributed by atoms with Crippen LogP contribution in [0.15, 0.2) is 0 Å². The van der Waals surface area contributed by atoms with Crippen molar-refractivity contribution in [2.45, 2.75) is 44.3 Å². The molecule has 12 heavy (non-hydrogen) atoms. The minimum Gasteiger partial charge on any atom is -0.279 e. The molecule has 2 nitrogen and oxygen atoms in total. The van der Waals surface area contributed by atoms with Crippen LogP contribution in [0.25, 0.3) is 0 Å². The molecule has 0 radical (unpaired) electrons. The van der Waals surface area contributed by atoms with Crippen LogP contribution in [0.5, 0.6) is 0 Å². The second-order valence-corrected chi connectivity index (χ2v) is 6.72. The standard InChI is InChI=1S/C9H18O2S/c1-12(2)10-8-6-4-3-5-7-9(8)11-12/h8-9H,3-7H2,1-2H3. The molecule has 0 amide bonds. The molecular formula is C9H18O2S. The van der Waals surface area contributed by atoms with Crippen molar-refractivity contribution in [1.82, 2.24) is 0 Å². The Bertz CT molecular complexity index is 154. The van der Waals surface area contributed by atoms with Crippen molar-refractivity contribution in [3.05, 3.63) is 0 Å². The summed E-state index contributed by atoms with van der Waals surface area (Å²) in [7, 11) is -1.15. The largest absolute Gasteiger partial charge is 0.279 e. The van der Waals surface area contributed by atoms with Crippen LogP contribution in [0.2, 0.25) is 0 Å². The molecule has 3 heteroatoms. The smallest absolute Gasteiger partial charge is 0.110 e. The topological polar surface area (TPSA) is 18.5 Å². The molecule has 0 bridgehead atoms. The maximum atomic E-state index is 5.89. The predicted molar refractivity (Wildman–Crippen MR) is 52.3 cm³/mol. The minimum absolute atomic E-state index is 0.414. The molecule has 1 aliphatic heterocycles. The Morgan fingerprint density at radius 3 is 1.92 bits per heavy atom. The third-order valence-corrected chi connectivity index (χ3v) is 4.02. The predicted octanol–water partition coefficient (Wildman–Crippen LogP) is 2.63. The lowest BCUT2D eigenvalue weighted by Crippen LogP contribution is -2.20. The highest BCUT2D eigenvalue weighted by atomic mass is 32.3. The van der Waals surface area contributed by atoms with Gasteiger partial charge in [-0.1, -0.05) is 19.3 Å². The van der Waals surface area contributed by atoms with Crippen LogP contribution in [0.3, 0.4) is 0 Å². The van der Waals surface area contributed by atoms with Crippen LogP contribution >= 0.6 is 10.6 Å². The van der Waals surface area contributed by atoms with Gasteiger partial charge in [-0.2, -0.15) is 10.6 Å². The Hall–Kier alpha value is 0.270. The molecule has 1 saturated carbocycles. The minimum atomic E-state index is -1.15. The molecule has 72 valence electrons. The lowest BCUT2D eigenvalue weighted by Gasteiger charge is -2.28. The van der Waals surface area contributed by atoms with Gasteiger partial charge in [0, 0.05) is 12.5 Å². The van der Waals surface area contributed by atoms with E-state index in [1.165, 1.54) is 32.1 Å². The van der Waals surface area contributed by atoms with Crippen LogP contribution in [0.4, 0.5) is 0 Å². The highest BCUT2D eigenvalue weighted by Gasteiger charge is 2.37. The van der Waals surface area contributed by atoms with Gasteiger partial charge in [-0.15, -0.1) is 0 Å². The lowest BCUT2D eigenvalue weighted by molar-refractivity contribution is 0.148. The number of rotatable bonds is 0. The van der Waals surface area contributed by atoms with Crippen molar-refractivity contribution in [2.75, 3.05) is 12.5 Å². The monoisotopic (exact) mass is 190 g/mol. The molecule has 1 aliphatic carbocycles. The van der Waals surface area contributed by atoms with Gasteiger partial charge >= 0.3 is 0 Å². The summed E-state index contributed by atoms with van der Waals surface area (Å²) in [5.74, 6) is 0. The van der Waals surface area contributed by atoms with Gasteiger partial charge in [-0.25, -0.2) is 0 Å². The van der Waals surface area contributed by atoms with E-state index in [-0.39, 0.29) is 0 Å². The van der Waals surface area contributed by atoms with Gasteiger partial charge in [0.2, 0.25) is 0 Å². The molecule has 0 spiro atoms. The summed E-state index contributed by atoms with van der Waals surface area (Å²) in [6.07, 6.45) is 11.4. The zero-order chi connectivity index (χ0) is 8.60. The molecule has 2 rings (SSSR count). The number of hydrogen-bond donors (Lipinski definition) is 0. The van der Waals surface area contributed by atoms with Crippen LogP contribution in [-0.2, 0) is 8.37 Å². The van der Waals surface area contributed by atoms with Crippen LogP contribution in [-0.4, -0.2) is 24.7 Å². The van der Waals surface area contributed by atoms with Crippen molar-refractivity contribution in [2.24, 2.45) is 0 Å². The van der Waals surface area contributed by atoms with E-state index >= 15 is 0 Å². The van der Waals surface area contributed by atoms with Gasteiger partial charge in [0.15, 0.2) is 0 Å². The van der Waals surface area contributed by atoms with Crippen LogP contribution < -0.4 is 0 Å². The zero-order valence-corrected chi connectivity index (χ0v) is 8.73. The van der Waals surface area contributed by atoms with Gasteiger partial charge in [0.25, 0.3) is 0 Å². The third kappa shape index (κ3) is 1.78. The molecule has 2 atom stereocenters. The molecule has 2 fully saturated rings. The number of hydrogen-bond acceptors (Lipinski definition) is 2. The van der Waals surface area contributed by atoms with Crippen molar-refractivity contribution in [3.63, 3.8) is 0 Å². The molecule has 2 unspecified atom stereocenters. The van der Waals surface area contributed by atoms with Crippen molar-refractivity contribution in [1.29, 1.82) is 0 Å². The Morgan fingerprint density at radius 2 is 1.42 bits per heavy atom. The van der Waals surface area contributed by atoms with E-state index in [9.17, 15) is 0 Å². The fraction of sp³-hybridized carbons (Fsp3) is 1.00. The SMILES string of the molecule is CS1(C)OC2CCCCCC2O1. The summed E-state index contributed by atoms with van der Waals surface area (Å²) in [6, 6.07) is 0. The maximum Gasteiger partial charge on any atom is 0.110 e. The highest BCUT2D eigenvalue weighted by molar-refractivity contribution is 8.24. The van der Waals surface area contributed by atoms with E-state index in [0.717, 1.165) is 0 Å². The molecule has 0 aromatic carbocycles. The Labute approximate surface area is 76.4 Å². The van der Waals surface area contributed by atoms with Gasteiger partial charge in [-0.05, 0) is 12.8 Å². The quantitative estimate of drug-likeness (QED) is 0.584. The maximum absolute atomic E-state index is 5.89. The average Bonchev–Trinajstić information content (AvgIpc) is 2.17. The first kappa shape index (κ1) is 8.85. The molecular weight excluding hydrogens is 172 g/mol. The summed E-state index contributed by atoms with van der Waals surface area (Å²) < 4.78 is 11.8. The third-order valence-electron chi connectivity index (χ3n) is 2.60. The van der Waals surface area contributed by atoms with Gasteiger partial charge in [-0.3, -0.25) is 8.37 Å². The zero-order valence-electron chi connectivity index (χ0n) is 7.91.